The van der Waals surface area contributed by atoms with Crippen LogP contribution < -0.4 is 10.6 Å². The maximum absolute atomic E-state index is 8.94. The number of hydrogen-bond donors (Lipinski definition) is 2. The minimum absolute atomic E-state index is 0.375. The van der Waals surface area contributed by atoms with Gasteiger partial charge in [0.1, 0.15) is 0 Å². The lowest BCUT2D eigenvalue weighted by Gasteiger charge is -2.09. The quantitative estimate of drug-likeness (QED) is 0.750. The number of nitriles is 1. The van der Waals surface area contributed by atoms with Crippen molar-refractivity contribution >= 4 is 17.5 Å². The average Bonchev–Trinajstić information content (AvgIpc) is 2.61. The Morgan fingerprint density at radius 1 is 1.12 bits per heavy atom. The van der Waals surface area contributed by atoms with Gasteiger partial charge in [0.15, 0.2) is 5.82 Å². The van der Waals surface area contributed by atoms with Gasteiger partial charge in [-0.05, 0) is 36.2 Å². The van der Waals surface area contributed by atoms with Crippen LogP contribution in [0.4, 0.5) is 17.5 Å². The van der Waals surface area contributed by atoms with Crippen LogP contribution in [0.1, 0.15) is 16.7 Å². The predicted molar refractivity (Wildman–Crippen MR) is 92.8 cm³/mol. The lowest BCUT2D eigenvalue weighted by molar-refractivity contribution is 0.964. The van der Waals surface area contributed by atoms with Gasteiger partial charge in [0.25, 0.3) is 0 Å². The fraction of sp³-hybridized carbons (Fsp3) is 0.111. The summed E-state index contributed by atoms with van der Waals surface area (Å²) in [5, 5.41) is 23.2. The van der Waals surface area contributed by atoms with Crippen molar-refractivity contribution in [1.82, 2.24) is 15.2 Å². The first-order valence-corrected chi connectivity index (χ1v) is 7.50. The normalized spacial score (nSPS) is 10.0. The third kappa shape index (κ3) is 3.84. The minimum atomic E-state index is 0.375. The van der Waals surface area contributed by atoms with Gasteiger partial charge in [-0.15, -0.1) is 5.10 Å². The van der Waals surface area contributed by atoms with E-state index in [2.05, 4.69) is 50.9 Å². The molecule has 0 atom stereocenters. The van der Waals surface area contributed by atoms with Crippen LogP contribution in [0.5, 0.6) is 0 Å². The highest BCUT2D eigenvalue weighted by molar-refractivity contribution is 5.56. The second-order valence-corrected chi connectivity index (χ2v) is 5.26. The molecule has 0 unspecified atom stereocenters. The molecule has 3 aromatic rings. The largest absolute Gasteiger partial charge is 0.365 e. The molecule has 2 aromatic carbocycles. The molecule has 0 spiro atoms. The summed E-state index contributed by atoms with van der Waals surface area (Å²) in [7, 11) is 0. The number of nitrogens with one attached hydrogen (secondary N) is 2. The second-order valence-electron chi connectivity index (χ2n) is 5.26. The Hall–Kier alpha value is -3.46. The first-order valence-electron chi connectivity index (χ1n) is 7.50. The highest BCUT2D eigenvalue weighted by Crippen LogP contribution is 2.15. The van der Waals surface area contributed by atoms with Crippen molar-refractivity contribution in [2.45, 2.75) is 13.5 Å². The number of hydrogen-bond acceptors (Lipinski definition) is 6. The van der Waals surface area contributed by atoms with Crippen LogP contribution in [-0.2, 0) is 6.54 Å². The van der Waals surface area contributed by atoms with Crippen molar-refractivity contribution in [3.8, 4) is 6.07 Å². The molecule has 0 radical (unpaired) electrons. The Morgan fingerprint density at radius 3 is 2.83 bits per heavy atom. The Bertz CT molecular complexity index is 884. The summed E-state index contributed by atoms with van der Waals surface area (Å²) in [5.74, 6) is 1.01. The molecular weight excluding hydrogens is 300 g/mol. The minimum Gasteiger partial charge on any atom is -0.365 e. The van der Waals surface area contributed by atoms with Gasteiger partial charge in [-0.1, -0.05) is 30.3 Å². The zero-order valence-electron chi connectivity index (χ0n) is 13.2. The third-order valence-corrected chi connectivity index (χ3v) is 3.53. The van der Waals surface area contributed by atoms with E-state index in [0.717, 1.165) is 5.69 Å². The number of nitrogens with zero attached hydrogens (tertiary/aromatic N) is 4. The number of anilines is 3. The molecule has 0 fully saturated rings. The molecular formula is C18H16N6. The molecule has 6 heteroatoms. The van der Waals surface area contributed by atoms with Crippen molar-refractivity contribution in [2.24, 2.45) is 0 Å². The van der Waals surface area contributed by atoms with Crippen LogP contribution in [0, 0.1) is 18.3 Å². The van der Waals surface area contributed by atoms with Gasteiger partial charge in [-0.25, -0.2) is 0 Å². The van der Waals surface area contributed by atoms with E-state index < -0.39 is 0 Å². The van der Waals surface area contributed by atoms with Crippen LogP contribution in [-0.4, -0.2) is 15.2 Å². The third-order valence-electron chi connectivity index (χ3n) is 3.53. The van der Waals surface area contributed by atoms with E-state index >= 15 is 0 Å². The van der Waals surface area contributed by atoms with Crippen LogP contribution >= 0.6 is 0 Å². The van der Waals surface area contributed by atoms with Gasteiger partial charge in [0.2, 0.25) is 5.95 Å². The maximum Gasteiger partial charge on any atom is 0.249 e. The SMILES string of the molecule is Cc1ccccc1CNc1cnnc(Nc2cccc(C#N)c2)n1. The Kier molecular flexibility index (Phi) is 4.63. The van der Waals surface area contributed by atoms with E-state index in [4.69, 9.17) is 5.26 Å². The standard InChI is InChI=1S/C18H16N6/c1-13-5-2-3-7-15(13)11-20-17-12-21-24-18(23-17)22-16-8-4-6-14(9-16)10-19/h2-9,12H,11H2,1H3,(H2,20,22,23,24). The number of aryl methyl sites for hydroxylation is 1. The summed E-state index contributed by atoms with van der Waals surface area (Å²) in [5.41, 5.74) is 3.74. The average molecular weight is 316 g/mol. The smallest absolute Gasteiger partial charge is 0.249 e. The molecule has 0 aliphatic rings. The molecule has 6 nitrogen and oxygen atoms in total. The van der Waals surface area contributed by atoms with Crippen LogP contribution in [0.25, 0.3) is 0 Å². The highest BCUT2D eigenvalue weighted by Gasteiger charge is 2.03. The summed E-state index contributed by atoms with van der Waals surface area (Å²) < 4.78 is 0. The van der Waals surface area contributed by atoms with Crippen molar-refractivity contribution in [2.75, 3.05) is 10.6 Å². The van der Waals surface area contributed by atoms with E-state index in [0.29, 0.717) is 23.9 Å². The fourth-order valence-corrected chi connectivity index (χ4v) is 2.23. The molecule has 0 saturated heterocycles. The molecule has 118 valence electrons. The second kappa shape index (κ2) is 7.20. The van der Waals surface area contributed by atoms with Crippen LogP contribution in [0.15, 0.2) is 54.7 Å². The van der Waals surface area contributed by atoms with Crippen molar-refractivity contribution in [3.05, 3.63) is 71.4 Å². The molecule has 3 rings (SSSR count). The van der Waals surface area contributed by atoms with Crippen molar-refractivity contribution in [3.63, 3.8) is 0 Å². The molecule has 0 amide bonds. The summed E-state index contributed by atoms with van der Waals surface area (Å²) in [6, 6.07) is 17.4. The van der Waals surface area contributed by atoms with E-state index in [1.807, 2.05) is 18.2 Å². The molecule has 0 bridgehead atoms. The lowest BCUT2D eigenvalue weighted by atomic mass is 10.1. The van der Waals surface area contributed by atoms with E-state index in [9.17, 15) is 0 Å². The first-order chi connectivity index (χ1) is 11.7. The van der Waals surface area contributed by atoms with Gasteiger partial charge < -0.3 is 10.6 Å². The Labute approximate surface area is 140 Å². The fourth-order valence-electron chi connectivity index (χ4n) is 2.23. The summed E-state index contributed by atoms with van der Waals surface area (Å²) in [6.07, 6.45) is 1.58. The zero-order chi connectivity index (χ0) is 16.8. The summed E-state index contributed by atoms with van der Waals surface area (Å²) in [4.78, 5) is 4.39. The molecule has 24 heavy (non-hydrogen) atoms. The monoisotopic (exact) mass is 316 g/mol. The van der Waals surface area contributed by atoms with Gasteiger partial charge in [-0.2, -0.15) is 15.3 Å². The van der Waals surface area contributed by atoms with Crippen LogP contribution in [0.3, 0.4) is 0 Å². The van der Waals surface area contributed by atoms with Gasteiger partial charge in [0, 0.05) is 12.2 Å². The van der Waals surface area contributed by atoms with Crippen LogP contribution in [0.2, 0.25) is 0 Å². The molecule has 0 aliphatic heterocycles. The predicted octanol–water partition coefficient (Wildman–Crippen LogP) is 3.41. The van der Waals surface area contributed by atoms with E-state index in [-0.39, 0.29) is 0 Å². The van der Waals surface area contributed by atoms with Gasteiger partial charge in [0.05, 0.1) is 17.8 Å². The molecule has 2 N–H and O–H groups in total. The zero-order valence-corrected chi connectivity index (χ0v) is 13.2. The molecule has 0 saturated carbocycles. The number of aromatic nitrogens is 3. The molecule has 1 aromatic heterocycles. The lowest BCUT2D eigenvalue weighted by Crippen LogP contribution is -2.06. The Morgan fingerprint density at radius 2 is 2.00 bits per heavy atom. The number of benzene rings is 2. The highest BCUT2D eigenvalue weighted by atomic mass is 15.3. The van der Waals surface area contributed by atoms with Gasteiger partial charge >= 0.3 is 0 Å². The molecule has 0 aliphatic carbocycles. The van der Waals surface area contributed by atoms with Gasteiger partial charge in [-0.3, -0.25) is 0 Å². The van der Waals surface area contributed by atoms with Crippen molar-refractivity contribution in [1.29, 1.82) is 5.26 Å². The molecule has 1 heterocycles. The summed E-state index contributed by atoms with van der Waals surface area (Å²) in [6.45, 7) is 2.74. The number of rotatable bonds is 5. The topological polar surface area (TPSA) is 86.5 Å². The maximum atomic E-state index is 8.94. The first kappa shape index (κ1) is 15.4. The Balaban J connectivity index is 1.70. The van der Waals surface area contributed by atoms with E-state index in [1.165, 1.54) is 11.1 Å². The van der Waals surface area contributed by atoms with Crippen molar-refractivity contribution < 1.29 is 0 Å². The van der Waals surface area contributed by atoms with E-state index in [1.54, 1.807) is 24.4 Å². The summed E-state index contributed by atoms with van der Waals surface area (Å²) >= 11 is 0.